The van der Waals surface area contributed by atoms with Crippen molar-refractivity contribution >= 4 is 5.78 Å². The summed E-state index contributed by atoms with van der Waals surface area (Å²) in [6.45, 7) is 10.3. The first-order chi connectivity index (χ1) is 6.20. The molecule has 0 aliphatic carbocycles. The van der Waals surface area contributed by atoms with Crippen molar-refractivity contribution < 1.29 is 4.79 Å². The summed E-state index contributed by atoms with van der Waals surface area (Å²) < 4.78 is 0. The zero-order valence-electron chi connectivity index (χ0n) is 8.20. The molecule has 72 valence electrons. The van der Waals surface area contributed by atoms with E-state index in [1.165, 1.54) is 0 Å². The molecule has 0 radical (unpaired) electrons. The molecular formula is C11H17NO. The van der Waals surface area contributed by atoms with Gasteiger partial charge in [-0.3, -0.25) is 9.69 Å². The highest BCUT2D eigenvalue weighted by molar-refractivity contribution is 5.86. The third-order valence-corrected chi connectivity index (χ3v) is 2.56. The predicted molar refractivity (Wildman–Crippen MR) is 54.6 cm³/mol. The Balaban J connectivity index is 2.69. The molecule has 0 spiro atoms. The monoisotopic (exact) mass is 179 g/mol. The lowest BCUT2D eigenvalue weighted by Gasteiger charge is -2.24. The molecule has 1 rings (SSSR count). The Morgan fingerprint density at radius 2 is 2.23 bits per heavy atom. The summed E-state index contributed by atoms with van der Waals surface area (Å²) in [4.78, 5) is 13.7. The van der Waals surface area contributed by atoms with Crippen molar-refractivity contribution in [1.29, 1.82) is 0 Å². The molecule has 2 atom stereocenters. The van der Waals surface area contributed by atoms with Crippen LogP contribution >= 0.6 is 0 Å². The number of rotatable bonds is 4. The van der Waals surface area contributed by atoms with Crippen LogP contribution < -0.4 is 0 Å². The topological polar surface area (TPSA) is 20.3 Å². The summed E-state index contributed by atoms with van der Waals surface area (Å²) in [5, 5.41) is 0. The molecule has 13 heavy (non-hydrogen) atoms. The van der Waals surface area contributed by atoms with Crippen molar-refractivity contribution in [3.05, 3.63) is 25.3 Å². The highest BCUT2D eigenvalue weighted by Gasteiger charge is 2.35. The first-order valence-electron chi connectivity index (χ1n) is 4.71. The van der Waals surface area contributed by atoms with Crippen LogP contribution in [0.5, 0.6) is 0 Å². The van der Waals surface area contributed by atoms with Crippen LogP contribution in [0.4, 0.5) is 0 Å². The van der Waals surface area contributed by atoms with Gasteiger partial charge in [0, 0.05) is 19.0 Å². The van der Waals surface area contributed by atoms with Crippen LogP contribution in [0.2, 0.25) is 0 Å². The van der Waals surface area contributed by atoms with E-state index in [0.717, 1.165) is 13.0 Å². The smallest absolute Gasteiger partial charge is 0.151 e. The molecular weight excluding hydrogens is 162 g/mol. The van der Waals surface area contributed by atoms with Gasteiger partial charge in [0.05, 0.1) is 6.04 Å². The van der Waals surface area contributed by atoms with Gasteiger partial charge in [0.1, 0.15) is 0 Å². The minimum absolute atomic E-state index is 0.0468. The summed E-state index contributed by atoms with van der Waals surface area (Å²) >= 11 is 0. The molecule has 0 bridgehead atoms. The third kappa shape index (κ3) is 2.07. The van der Waals surface area contributed by atoms with E-state index in [0.29, 0.717) is 18.2 Å². The van der Waals surface area contributed by atoms with Crippen LogP contribution in [0.3, 0.4) is 0 Å². The summed E-state index contributed by atoms with van der Waals surface area (Å²) in [5.41, 5.74) is 0. The molecule has 0 unspecified atom stereocenters. The minimum Gasteiger partial charge on any atom is -0.298 e. The lowest BCUT2D eigenvalue weighted by atomic mass is 10.1. The molecule has 0 saturated carbocycles. The standard InChI is InChI=1S/C11H17NO/c1-4-6-10-11(13)8-9(3)12(10)7-5-2/h4-5,9-10H,1-2,6-8H2,3H3/t9-,10-/m0/s1. The number of carbonyl (C=O) groups excluding carboxylic acids is 1. The highest BCUT2D eigenvalue weighted by atomic mass is 16.1. The van der Waals surface area contributed by atoms with E-state index in [-0.39, 0.29) is 6.04 Å². The fourth-order valence-corrected chi connectivity index (χ4v) is 1.92. The molecule has 1 saturated heterocycles. The number of hydrogen-bond acceptors (Lipinski definition) is 2. The Kier molecular flexibility index (Phi) is 3.43. The minimum atomic E-state index is 0.0468. The second-order valence-corrected chi connectivity index (χ2v) is 3.55. The van der Waals surface area contributed by atoms with Crippen molar-refractivity contribution in [3.63, 3.8) is 0 Å². The summed E-state index contributed by atoms with van der Waals surface area (Å²) in [6, 6.07) is 0.404. The van der Waals surface area contributed by atoms with Crippen molar-refractivity contribution in [2.75, 3.05) is 6.54 Å². The van der Waals surface area contributed by atoms with Crippen molar-refractivity contribution in [3.8, 4) is 0 Å². The molecule has 2 nitrogen and oxygen atoms in total. The lowest BCUT2D eigenvalue weighted by molar-refractivity contribution is -0.119. The Morgan fingerprint density at radius 3 is 2.77 bits per heavy atom. The first kappa shape index (κ1) is 10.2. The van der Waals surface area contributed by atoms with Gasteiger partial charge in [-0.1, -0.05) is 12.2 Å². The maximum absolute atomic E-state index is 11.5. The summed E-state index contributed by atoms with van der Waals surface area (Å²) in [6.07, 6.45) is 5.10. The number of ketones is 1. The molecule has 0 aromatic rings. The van der Waals surface area contributed by atoms with Crippen molar-refractivity contribution in [1.82, 2.24) is 4.90 Å². The van der Waals surface area contributed by atoms with Gasteiger partial charge in [-0.15, -0.1) is 13.2 Å². The van der Waals surface area contributed by atoms with Crippen LogP contribution in [0, 0.1) is 0 Å². The van der Waals surface area contributed by atoms with Crippen molar-refractivity contribution in [2.24, 2.45) is 0 Å². The largest absolute Gasteiger partial charge is 0.298 e. The number of nitrogens with zero attached hydrogens (tertiary/aromatic N) is 1. The van der Waals surface area contributed by atoms with Crippen LogP contribution in [-0.2, 0) is 4.79 Å². The third-order valence-electron chi connectivity index (χ3n) is 2.56. The van der Waals surface area contributed by atoms with E-state index in [2.05, 4.69) is 25.0 Å². The molecule has 1 fully saturated rings. The van der Waals surface area contributed by atoms with Gasteiger partial charge >= 0.3 is 0 Å². The molecule has 0 aromatic heterocycles. The van der Waals surface area contributed by atoms with E-state index >= 15 is 0 Å². The number of Topliss-reactive ketones (excluding diaryl/α,β-unsaturated/α-hetero) is 1. The zero-order valence-corrected chi connectivity index (χ0v) is 8.20. The van der Waals surface area contributed by atoms with E-state index in [4.69, 9.17) is 0 Å². The summed E-state index contributed by atoms with van der Waals surface area (Å²) in [7, 11) is 0. The average molecular weight is 179 g/mol. The predicted octanol–water partition coefficient (Wildman–Crippen LogP) is 1.78. The van der Waals surface area contributed by atoms with E-state index in [1.807, 2.05) is 12.2 Å². The Labute approximate surface area is 79.9 Å². The van der Waals surface area contributed by atoms with Gasteiger partial charge in [0.15, 0.2) is 5.78 Å². The Hall–Kier alpha value is -0.890. The second-order valence-electron chi connectivity index (χ2n) is 3.55. The quantitative estimate of drug-likeness (QED) is 0.613. The first-order valence-corrected chi connectivity index (χ1v) is 4.71. The van der Waals surface area contributed by atoms with E-state index in [1.54, 1.807) is 0 Å². The van der Waals surface area contributed by atoms with Gasteiger partial charge in [-0.2, -0.15) is 0 Å². The van der Waals surface area contributed by atoms with Gasteiger partial charge in [-0.25, -0.2) is 0 Å². The maximum atomic E-state index is 11.5. The van der Waals surface area contributed by atoms with Gasteiger partial charge < -0.3 is 0 Å². The molecule has 2 heteroatoms. The van der Waals surface area contributed by atoms with Crippen LogP contribution in [0.1, 0.15) is 19.8 Å². The Bertz CT molecular complexity index is 222. The molecule has 0 aromatic carbocycles. The van der Waals surface area contributed by atoms with E-state index < -0.39 is 0 Å². The summed E-state index contributed by atoms with van der Waals surface area (Å²) in [5.74, 6) is 0.342. The van der Waals surface area contributed by atoms with E-state index in [9.17, 15) is 4.79 Å². The normalized spacial score (nSPS) is 29.2. The van der Waals surface area contributed by atoms with Gasteiger partial charge in [0.2, 0.25) is 0 Å². The lowest BCUT2D eigenvalue weighted by Crippen LogP contribution is -2.36. The van der Waals surface area contributed by atoms with Crippen LogP contribution in [0.25, 0.3) is 0 Å². The van der Waals surface area contributed by atoms with Crippen molar-refractivity contribution in [2.45, 2.75) is 31.8 Å². The molecule has 0 N–H and O–H groups in total. The fourth-order valence-electron chi connectivity index (χ4n) is 1.92. The highest BCUT2D eigenvalue weighted by Crippen LogP contribution is 2.22. The number of hydrogen-bond donors (Lipinski definition) is 0. The molecule has 1 heterocycles. The second kappa shape index (κ2) is 4.38. The number of carbonyl (C=O) groups is 1. The molecule has 1 aliphatic rings. The molecule has 0 amide bonds. The fraction of sp³-hybridized carbons (Fsp3) is 0.545. The SMILES string of the molecule is C=CC[C@H]1C(=O)C[C@H](C)N1CC=C. The Morgan fingerprint density at radius 1 is 1.54 bits per heavy atom. The molecule has 1 aliphatic heterocycles. The van der Waals surface area contributed by atoms with Gasteiger partial charge in [-0.05, 0) is 13.3 Å². The number of likely N-dealkylation sites (tertiary alicyclic amines) is 1. The van der Waals surface area contributed by atoms with Gasteiger partial charge in [0.25, 0.3) is 0 Å². The van der Waals surface area contributed by atoms with Crippen LogP contribution in [0.15, 0.2) is 25.3 Å². The maximum Gasteiger partial charge on any atom is 0.151 e. The van der Waals surface area contributed by atoms with Crippen LogP contribution in [-0.4, -0.2) is 29.3 Å². The average Bonchev–Trinajstić information content (AvgIpc) is 2.33. The zero-order chi connectivity index (χ0) is 9.84.